The maximum absolute atomic E-state index is 13.2. The number of aromatic nitrogens is 2. The number of anilines is 2. The molecule has 0 saturated heterocycles. The molecular weight excluding hydrogens is 520 g/mol. The normalized spacial score (nSPS) is 10.7. The fourth-order valence-corrected chi connectivity index (χ4v) is 4.92. The van der Waals surface area contributed by atoms with E-state index in [1.807, 2.05) is 6.92 Å². The lowest BCUT2D eigenvalue weighted by Crippen LogP contribution is -2.28. The first kappa shape index (κ1) is 27.5. The molecule has 2 N–H and O–H groups in total. The van der Waals surface area contributed by atoms with Gasteiger partial charge in [0.1, 0.15) is 17.1 Å². The van der Waals surface area contributed by atoms with E-state index in [1.54, 1.807) is 49.4 Å². The van der Waals surface area contributed by atoms with E-state index in [2.05, 4.69) is 15.6 Å². The maximum atomic E-state index is 13.2. The highest BCUT2D eigenvalue weighted by Crippen LogP contribution is 2.29. The molecule has 0 aliphatic carbocycles. The number of carbonyl (C=O) groups is 3. The number of nitrogens with one attached hydrogen (secondary N) is 2. The number of methoxy groups -OCH3 is 1. The summed E-state index contributed by atoms with van der Waals surface area (Å²) >= 11 is 1.10. The van der Waals surface area contributed by atoms with Crippen LogP contribution in [0.3, 0.4) is 0 Å². The molecule has 0 radical (unpaired) electrons. The average molecular weight is 549 g/mol. The minimum Gasteiger partial charge on any atom is -0.495 e. The summed E-state index contributed by atoms with van der Waals surface area (Å²) in [5, 5.41) is 5.78. The van der Waals surface area contributed by atoms with Crippen LogP contribution in [0.25, 0.3) is 10.2 Å². The average Bonchev–Trinajstić information content (AvgIpc) is 3.27. The third-order valence-electron chi connectivity index (χ3n) is 5.91. The van der Waals surface area contributed by atoms with Crippen molar-refractivity contribution in [3.8, 4) is 5.75 Å². The van der Waals surface area contributed by atoms with E-state index >= 15 is 0 Å². The van der Waals surface area contributed by atoms with Crippen molar-refractivity contribution in [1.82, 2.24) is 9.55 Å². The van der Waals surface area contributed by atoms with Crippen LogP contribution in [0.1, 0.15) is 45.4 Å². The van der Waals surface area contributed by atoms with Gasteiger partial charge >= 0.3 is 5.97 Å². The van der Waals surface area contributed by atoms with Gasteiger partial charge in [-0.3, -0.25) is 19.0 Å². The molecule has 0 saturated carbocycles. The molecule has 11 heteroatoms. The van der Waals surface area contributed by atoms with Crippen LogP contribution in [0.5, 0.6) is 5.75 Å². The first-order valence-corrected chi connectivity index (χ1v) is 13.1. The third kappa shape index (κ3) is 6.32. The number of esters is 1. The molecule has 2 heterocycles. The molecule has 2 aromatic heterocycles. The summed E-state index contributed by atoms with van der Waals surface area (Å²) in [4.78, 5) is 56.2. The highest BCUT2D eigenvalue weighted by Gasteiger charge is 2.21. The number of ether oxygens (including phenoxy) is 2. The topological polar surface area (TPSA) is 129 Å². The molecule has 0 fully saturated rings. The number of benzene rings is 2. The summed E-state index contributed by atoms with van der Waals surface area (Å²) in [5.74, 6) is -0.826. The van der Waals surface area contributed by atoms with Crippen molar-refractivity contribution in [2.75, 3.05) is 24.4 Å². The Bertz CT molecular complexity index is 1590. The zero-order valence-corrected chi connectivity index (χ0v) is 22.6. The van der Waals surface area contributed by atoms with Gasteiger partial charge in [0.25, 0.3) is 11.5 Å². The molecule has 10 nitrogen and oxygen atoms in total. The Morgan fingerprint density at radius 3 is 2.64 bits per heavy atom. The van der Waals surface area contributed by atoms with Gasteiger partial charge in [-0.1, -0.05) is 31.5 Å². The van der Waals surface area contributed by atoms with Gasteiger partial charge in [-0.2, -0.15) is 0 Å². The van der Waals surface area contributed by atoms with Crippen LogP contribution in [0.2, 0.25) is 0 Å². The van der Waals surface area contributed by atoms with E-state index in [1.165, 1.54) is 24.1 Å². The Morgan fingerprint density at radius 2 is 1.87 bits per heavy atom. The summed E-state index contributed by atoms with van der Waals surface area (Å²) < 4.78 is 11.7. The fourth-order valence-electron chi connectivity index (χ4n) is 3.89. The van der Waals surface area contributed by atoms with Crippen LogP contribution < -0.4 is 20.9 Å². The molecule has 0 bridgehead atoms. The van der Waals surface area contributed by atoms with Crippen LogP contribution in [-0.4, -0.2) is 41.1 Å². The van der Waals surface area contributed by atoms with Crippen LogP contribution in [-0.2, 0) is 16.1 Å². The number of aryl methyl sites for hydroxylation is 1. The van der Waals surface area contributed by atoms with E-state index in [4.69, 9.17) is 9.47 Å². The standard InChI is InChI=1S/C28H28N4O6S/c1-4-5-13-38-28(36)18-9-8-10-19(14-18)30-22(33)15-32-16-29-26-23(27(32)35)17(2)24(39-26)25(34)31-20-11-6-7-12-21(20)37-3/h6-12,14,16H,4-5,13,15H2,1-3H3,(H,30,33)(H,31,34). The second-order valence-electron chi connectivity index (χ2n) is 8.69. The van der Waals surface area contributed by atoms with Gasteiger partial charge in [0.15, 0.2) is 0 Å². The number of fused-ring (bicyclic) bond motifs is 1. The maximum Gasteiger partial charge on any atom is 0.338 e. The van der Waals surface area contributed by atoms with E-state index in [0.29, 0.717) is 44.6 Å². The Balaban J connectivity index is 1.49. The number of thiophene rings is 1. The summed E-state index contributed by atoms with van der Waals surface area (Å²) in [7, 11) is 1.51. The SMILES string of the molecule is CCCCOC(=O)c1cccc(NC(=O)Cn2cnc3sc(C(=O)Nc4ccccc4OC)c(C)c3c2=O)c1. The van der Waals surface area contributed by atoms with Crippen molar-refractivity contribution in [1.29, 1.82) is 0 Å². The van der Waals surface area contributed by atoms with Crippen LogP contribution in [0.15, 0.2) is 59.7 Å². The number of para-hydroxylation sites is 2. The van der Waals surface area contributed by atoms with E-state index in [9.17, 15) is 19.2 Å². The molecule has 202 valence electrons. The smallest absolute Gasteiger partial charge is 0.338 e. The summed E-state index contributed by atoms with van der Waals surface area (Å²) in [6.45, 7) is 3.71. The molecular formula is C28H28N4O6S. The first-order valence-electron chi connectivity index (χ1n) is 12.3. The summed E-state index contributed by atoms with van der Waals surface area (Å²) in [6, 6.07) is 13.4. The highest BCUT2D eigenvalue weighted by atomic mass is 32.1. The van der Waals surface area contributed by atoms with Gasteiger partial charge in [0.05, 0.1) is 41.6 Å². The van der Waals surface area contributed by atoms with Crippen molar-refractivity contribution in [3.05, 3.63) is 81.2 Å². The minimum atomic E-state index is -0.475. The molecule has 0 unspecified atom stereocenters. The minimum absolute atomic E-state index is 0.275. The molecule has 39 heavy (non-hydrogen) atoms. The van der Waals surface area contributed by atoms with Gasteiger partial charge < -0.3 is 20.1 Å². The highest BCUT2D eigenvalue weighted by molar-refractivity contribution is 7.20. The third-order valence-corrected chi connectivity index (χ3v) is 7.10. The predicted molar refractivity (Wildman–Crippen MR) is 150 cm³/mol. The van der Waals surface area contributed by atoms with Crippen LogP contribution in [0.4, 0.5) is 11.4 Å². The van der Waals surface area contributed by atoms with Gasteiger partial charge in [-0.25, -0.2) is 9.78 Å². The van der Waals surface area contributed by atoms with Crippen LogP contribution >= 0.6 is 11.3 Å². The van der Waals surface area contributed by atoms with Crippen LogP contribution in [0, 0.1) is 6.92 Å². The second kappa shape index (κ2) is 12.4. The number of carbonyl (C=O) groups excluding carboxylic acids is 3. The molecule has 0 aliphatic rings. The van der Waals surface area contributed by atoms with Gasteiger partial charge in [0, 0.05) is 5.69 Å². The summed E-state index contributed by atoms with van der Waals surface area (Å²) in [5.41, 5.74) is 1.26. The van der Waals surface area contributed by atoms with Crippen molar-refractivity contribution in [2.45, 2.75) is 33.2 Å². The number of amides is 2. The summed E-state index contributed by atoms with van der Waals surface area (Å²) in [6.07, 6.45) is 2.96. The molecule has 2 amide bonds. The predicted octanol–water partition coefficient (Wildman–Crippen LogP) is 4.62. The van der Waals surface area contributed by atoms with E-state index < -0.39 is 23.3 Å². The van der Waals surface area contributed by atoms with Gasteiger partial charge in [-0.05, 0) is 49.2 Å². The number of unbranched alkanes of at least 4 members (excludes halogenated alkanes) is 1. The Hall–Kier alpha value is -4.51. The van der Waals surface area contributed by atoms with E-state index in [-0.39, 0.29) is 11.9 Å². The van der Waals surface area contributed by atoms with Crippen molar-refractivity contribution >= 4 is 50.7 Å². The van der Waals surface area contributed by atoms with E-state index in [0.717, 1.165) is 24.2 Å². The van der Waals surface area contributed by atoms with Gasteiger partial charge in [-0.15, -0.1) is 11.3 Å². The molecule has 0 atom stereocenters. The Kier molecular flexibility index (Phi) is 8.72. The molecule has 0 aliphatic heterocycles. The molecule has 4 rings (SSSR count). The fraction of sp³-hybridized carbons (Fsp3) is 0.250. The molecule has 0 spiro atoms. The zero-order valence-electron chi connectivity index (χ0n) is 21.8. The largest absolute Gasteiger partial charge is 0.495 e. The second-order valence-corrected chi connectivity index (χ2v) is 9.69. The Morgan fingerprint density at radius 1 is 1.08 bits per heavy atom. The quantitative estimate of drug-likeness (QED) is 0.219. The van der Waals surface area contributed by atoms with Gasteiger partial charge in [0.2, 0.25) is 5.91 Å². The number of hydrogen-bond acceptors (Lipinski definition) is 8. The first-order chi connectivity index (χ1) is 18.8. The monoisotopic (exact) mass is 548 g/mol. The lowest BCUT2D eigenvalue weighted by atomic mass is 10.2. The van der Waals surface area contributed by atoms with Crippen molar-refractivity contribution in [2.24, 2.45) is 0 Å². The molecule has 2 aromatic carbocycles. The molecule has 4 aromatic rings. The lowest BCUT2D eigenvalue weighted by molar-refractivity contribution is -0.116. The number of rotatable bonds is 10. The number of hydrogen-bond donors (Lipinski definition) is 2. The zero-order chi connectivity index (χ0) is 27.9. The lowest BCUT2D eigenvalue weighted by Gasteiger charge is -2.09. The number of nitrogens with zero attached hydrogens (tertiary/aromatic N) is 2. The van der Waals surface area contributed by atoms with Crippen molar-refractivity contribution in [3.63, 3.8) is 0 Å². The Labute approximate surface area is 228 Å². The van der Waals surface area contributed by atoms with Crippen molar-refractivity contribution < 1.29 is 23.9 Å².